The molecule has 0 saturated carbocycles. The molecule has 0 atom stereocenters. The summed E-state index contributed by atoms with van der Waals surface area (Å²) in [4.78, 5) is 17.7. The van der Waals surface area contributed by atoms with Crippen molar-refractivity contribution in [3.63, 3.8) is 0 Å². The Hall–Kier alpha value is -3.09. The van der Waals surface area contributed by atoms with Crippen LogP contribution in [-0.4, -0.2) is 49.9 Å². The maximum atomic E-state index is 13.5. The number of benzene rings is 2. The van der Waals surface area contributed by atoms with E-state index in [0.29, 0.717) is 31.0 Å². The van der Waals surface area contributed by atoms with Crippen LogP contribution in [0, 0.1) is 23.2 Å². The van der Waals surface area contributed by atoms with Crippen molar-refractivity contribution in [2.45, 2.75) is 45.0 Å². The zero-order valence-corrected chi connectivity index (χ0v) is 20.8. The van der Waals surface area contributed by atoms with Gasteiger partial charge in [-0.15, -0.1) is 13.2 Å². The number of piperidine rings is 2. The summed E-state index contributed by atoms with van der Waals surface area (Å²) in [5.41, 5.74) is 1.49. The van der Waals surface area contributed by atoms with Crippen molar-refractivity contribution >= 4 is 11.6 Å². The van der Waals surface area contributed by atoms with E-state index in [0.717, 1.165) is 58.1 Å². The normalized spacial score (nSPS) is 17.8. The van der Waals surface area contributed by atoms with E-state index in [-0.39, 0.29) is 17.4 Å². The second-order valence-corrected chi connectivity index (χ2v) is 9.85. The molecular formula is C28H33F3N4O2. The number of nitrogens with zero attached hydrogens (tertiary/aromatic N) is 3. The molecule has 37 heavy (non-hydrogen) atoms. The number of halogens is 3. The first-order valence-electron chi connectivity index (χ1n) is 12.9. The number of carbonyl (C=O) groups excluding carboxylic acids is 1. The number of nitriles is 1. The van der Waals surface area contributed by atoms with Gasteiger partial charge in [0.1, 0.15) is 11.8 Å². The number of nitrogens with one attached hydrogen (secondary N) is 1. The lowest BCUT2D eigenvalue weighted by atomic mass is 9.92. The van der Waals surface area contributed by atoms with E-state index in [2.05, 4.69) is 39.2 Å². The number of ether oxygens (including phenoxy) is 1. The molecule has 6 nitrogen and oxygen atoms in total. The fraction of sp³-hybridized carbons (Fsp3) is 0.500. The van der Waals surface area contributed by atoms with Gasteiger partial charge >= 0.3 is 6.36 Å². The Bertz CT molecular complexity index is 1070. The Labute approximate surface area is 216 Å². The van der Waals surface area contributed by atoms with Crippen LogP contribution < -0.4 is 15.0 Å². The second-order valence-electron chi connectivity index (χ2n) is 9.85. The third-order valence-electron chi connectivity index (χ3n) is 7.29. The van der Waals surface area contributed by atoms with E-state index in [4.69, 9.17) is 0 Å². The lowest BCUT2D eigenvalue weighted by Gasteiger charge is -2.34. The Morgan fingerprint density at radius 3 is 2.43 bits per heavy atom. The molecule has 1 amide bonds. The van der Waals surface area contributed by atoms with Crippen LogP contribution in [0.25, 0.3) is 0 Å². The van der Waals surface area contributed by atoms with Crippen molar-refractivity contribution in [3.05, 3.63) is 59.7 Å². The Morgan fingerprint density at radius 2 is 1.78 bits per heavy atom. The molecule has 2 aliphatic heterocycles. The van der Waals surface area contributed by atoms with Gasteiger partial charge < -0.3 is 15.0 Å². The van der Waals surface area contributed by atoms with Gasteiger partial charge in [0, 0.05) is 24.7 Å². The average molecular weight is 515 g/mol. The van der Waals surface area contributed by atoms with Crippen molar-refractivity contribution in [2.75, 3.05) is 37.6 Å². The SMILES string of the molecule is N#Cc1cc(N(CCC2CCN(Cc3ccccc3)CC2)C(=O)C2CCNCC2)ccc1OC(F)(F)F. The molecule has 4 rings (SSSR count). The van der Waals surface area contributed by atoms with Crippen molar-refractivity contribution in [1.82, 2.24) is 10.2 Å². The highest BCUT2D eigenvalue weighted by atomic mass is 19.4. The third kappa shape index (κ3) is 7.70. The molecule has 2 heterocycles. The molecule has 0 aliphatic carbocycles. The first kappa shape index (κ1) is 27.0. The summed E-state index contributed by atoms with van der Waals surface area (Å²) in [7, 11) is 0. The highest BCUT2D eigenvalue weighted by molar-refractivity contribution is 5.95. The van der Waals surface area contributed by atoms with E-state index in [1.165, 1.54) is 17.7 Å². The summed E-state index contributed by atoms with van der Waals surface area (Å²) in [5.74, 6) is -0.278. The van der Waals surface area contributed by atoms with Crippen LogP contribution in [0.4, 0.5) is 18.9 Å². The van der Waals surface area contributed by atoms with Crippen LogP contribution in [0.3, 0.4) is 0 Å². The van der Waals surface area contributed by atoms with Gasteiger partial charge in [-0.1, -0.05) is 30.3 Å². The summed E-state index contributed by atoms with van der Waals surface area (Å²) in [6, 6.07) is 16.1. The Balaban J connectivity index is 1.43. The summed E-state index contributed by atoms with van der Waals surface area (Å²) >= 11 is 0. The van der Waals surface area contributed by atoms with Gasteiger partial charge in [0.05, 0.1) is 5.56 Å². The highest BCUT2D eigenvalue weighted by Gasteiger charge is 2.33. The number of anilines is 1. The fourth-order valence-electron chi connectivity index (χ4n) is 5.23. The van der Waals surface area contributed by atoms with E-state index in [9.17, 15) is 23.2 Å². The van der Waals surface area contributed by atoms with Crippen molar-refractivity contribution in [2.24, 2.45) is 11.8 Å². The predicted octanol–water partition coefficient (Wildman–Crippen LogP) is 5.09. The molecule has 0 spiro atoms. The van der Waals surface area contributed by atoms with Gasteiger partial charge in [-0.3, -0.25) is 9.69 Å². The van der Waals surface area contributed by atoms with E-state index in [1.54, 1.807) is 11.0 Å². The van der Waals surface area contributed by atoms with E-state index >= 15 is 0 Å². The van der Waals surface area contributed by atoms with Gasteiger partial charge in [0.2, 0.25) is 5.91 Å². The van der Waals surface area contributed by atoms with Crippen LogP contribution in [0.1, 0.15) is 43.2 Å². The minimum atomic E-state index is -4.90. The van der Waals surface area contributed by atoms with E-state index < -0.39 is 12.1 Å². The van der Waals surface area contributed by atoms with Crippen molar-refractivity contribution in [3.8, 4) is 11.8 Å². The monoisotopic (exact) mass is 514 g/mol. The van der Waals surface area contributed by atoms with Crippen LogP contribution >= 0.6 is 0 Å². The summed E-state index contributed by atoms with van der Waals surface area (Å²) in [5, 5.41) is 12.7. The fourth-order valence-corrected chi connectivity index (χ4v) is 5.23. The molecule has 1 N–H and O–H groups in total. The summed E-state index contributed by atoms with van der Waals surface area (Å²) in [6.07, 6.45) is -0.596. The zero-order valence-electron chi connectivity index (χ0n) is 20.8. The van der Waals surface area contributed by atoms with Gasteiger partial charge in [0.15, 0.2) is 0 Å². The van der Waals surface area contributed by atoms with Gasteiger partial charge in [0.25, 0.3) is 0 Å². The number of amides is 1. The summed E-state index contributed by atoms with van der Waals surface area (Å²) in [6.45, 7) is 4.89. The maximum Gasteiger partial charge on any atom is 0.573 e. The molecule has 0 radical (unpaired) electrons. The lowest BCUT2D eigenvalue weighted by Crippen LogP contribution is -2.42. The highest BCUT2D eigenvalue weighted by Crippen LogP contribution is 2.32. The molecule has 2 saturated heterocycles. The number of carbonyl (C=O) groups is 1. The standard InChI is InChI=1S/C28H33F3N4O2/c29-28(30,31)37-26-7-6-25(18-24(26)19-32)35(27(36)23-8-13-33-14-9-23)17-12-21-10-15-34(16-11-21)20-22-4-2-1-3-5-22/h1-7,18,21,23,33H,8-17,20H2. The Kier molecular flexibility index (Phi) is 9.06. The van der Waals surface area contributed by atoms with E-state index in [1.807, 2.05) is 6.07 Å². The molecule has 2 aromatic carbocycles. The van der Waals surface area contributed by atoms with Crippen LogP contribution in [0.5, 0.6) is 5.75 Å². The number of likely N-dealkylation sites (tertiary alicyclic amines) is 1. The molecule has 2 aliphatic rings. The van der Waals surface area contributed by atoms with Gasteiger partial charge in [-0.25, -0.2) is 0 Å². The van der Waals surface area contributed by atoms with Crippen molar-refractivity contribution in [1.29, 1.82) is 5.26 Å². The molecule has 2 aromatic rings. The van der Waals surface area contributed by atoms with Gasteiger partial charge in [-0.05, 0) is 88.0 Å². The molecule has 0 bridgehead atoms. The number of hydrogen-bond donors (Lipinski definition) is 1. The predicted molar refractivity (Wildman–Crippen MR) is 135 cm³/mol. The minimum Gasteiger partial charge on any atom is -0.404 e. The van der Waals surface area contributed by atoms with Crippen LogP contribution in [0.15, 0.2) is 48.5 Å². The lowest BCUT2D eigenvalue weighted by molar-refractivity contribution is -0.274. The largest absolute Gasteiger partial charge is 0.573 e. The maximum absolute atomic E-state index is 13.5. The van der Waals surface area contributed by atoms with Gasteiger partial charge in [-0.2, -0.15) is 5.26 Å². The topological polar surface area (TPSA) is 68.6 Å². The smallest absolute Gasteiger partial charge is 0.404 e. The molecule has 0 aromatic heterocycles. The zero-order chi connectivity index (χ0) is 26.3. The molecule has 2 fully saturated rings. The first-order chi connectivity index (χ1) is 17.8. The molecule has 198 valence electrons. The van der Waals surface area contributed by atoms with Crippen LogP contribution in [-0.2, 0) is 11.3 Å². The summed E-state index contributed by atoms with van der Waals surface area (Å²) < 4.78 is 42.3. The molecule has 0 unspecified atom stereocenters. The molecule has 9 heteroatoms. The quantitative estimate of drug-likeness (QED) is 0.532. The first-order valence-corrected chi connectivity index (χ1v) is 12.9. The Morgan fingerprint density at radius 1 is 1.08 bits per heavy atom. The van der Waals surface area contributed by atoms with Crippen LogP contribution in [0.2, 0.25) is 0 Å². The van der Waals surface area contributed by atoms with Crippen molar-refractivity contribution < 1.29 is 22.7 Å². The number of rotatable bonds is 8. The number of alkyl halides is 3. The number of hydrogen-bond acceptors (Lipinski definition) is 5. The third-order valence-corrected chi connectivity index (χ3v) is 7.29. The average Bonchev–Trinajstić information content (AvgIpc) is 2.90. The minimum absolute atomic E-state index is 0.0311. The molecular weight excluding hydrogens is 481 g/mol. The second kappa shape index (κ2) is 12.4.